The summed E-state index contributed by atoms with van der Waals surface area (Å²) >= 11 is 0. The Morgan fingerprint density at radius 3 is 2.03 bits per heavy atom. The molecular weight excluding hydrogens is 493 g/mol. The SMILES string of the molecule is CN(C)C1CCC(=O)N2CC(OCc3cc(C(F)(F)F)cc(C(F)(F)F)c3)CC12.Fc1ccccc1. The van der Waals surface area contributed by atoms with Crippen LogP contribution in [-0.4, -0.2) is 54.5 Å². The van der Waals surface area contributed by atoms with Gasteiger partial charge in [-0.3, -0.25) is 4.79 Å². The Kier molecular flexibility index (Phi) is 8.66. The highest BCUT2D eigenvalue weighted by Crippen LogP contribution is 2.37. The Labute approximate surface area is 204 Å². The van der Waals surface area contributed by atoms with Crippen molar-refractivity contribution in [2.45, 2.75) is 56.4 Å². The number of ether oxygens (including phenoxy) is 1. The summed E-state index contributed by atoms with van der Waals surface area (Å²) in [5.41, 5.74) is -2.93. The lowest BCUT2D eigenvalue weighted by atomic mass is 9.95. The Morgan fingerprint density at radius 2 is 1.56 bits per heavy atom. The van der Waals surface area contributed by atoms with E-state index in [2.05, 4.69) is 0 Å². The van der Waals surface area contributed by atoms with Gasteiger partial charge in [-0.1, -0.05) is 18.2 Å². The molecule has 2 aliphatic rings. The molecule has 3 atom stereocenters. The summed E-state index contributed by atoms with van der Waals surface area (Å²) in [5.74, 6) is -0.180. The molecule has 0 aromatic heterocycles. The second-order valence-electron chi connectivity index (χ2n) is 9.06. The summed E-state index contributed by atoms with van der Waals surface area (Å²) in [6.07, 6.45) is -8.60. The summed E-state index contributed by atoms with van der Waals surface area (Å²) in [6.45, 7) is -0.0992. The van der Waals surface area contributed by atoms with Crippen molar-refractivity contribution < 1.29 is 40.3 Å². The van der Waals surface area contributed by atoms with Gasteiger partial charge in [-0.15, -0.1) is 0 Å². The topological polar surface area (TPSA) is 32.8 Å². The van der Waals surface area contributed by atoms with Crippen LogP contribution in [0.4, 0.5) is 30.7 Å². The Hall–Kier alpha value is -2.66. The molecule has 0 N–H and O–H groups in total. The molecule has 2 aliphatic heterocycles. The Morgan fingerprint density at radius 1 is 0.972 bits per heavy atom. The number of carbonyl (C=O) groups excluding carboxylic acids is 1. The highest BCUT2D eigenvalue weighted by atomic mass is 19.4. The first kappa shape index (κ1) is 27.9. The molecule has 0 aliphatic carbocycles. The second-order valence-corrected chi connectivity index (χ2v) is 9.06. The highest BCUT2D eigenvalue weighted by molar-refractivity contribution is 5.78. The molecule has 0 saturated carbocycles. The minimum Gasteiger partial charge on any atom is -0.372 e. The predicted octanol–water partition coefficient (Wildman–Crippen LogP) is 5.76. The number of hydrogen-bond acceptors (Lipinski definition) is 3. The van der Waals surface area contributed by atoms with Crippen LogP contribution in [0.2, 0.25) is 0 Å². The molecule has 2 aromatic rings. The fourth-order valence-electron chi connectivity index (χ4n) is 4.54. The van der Waals surface area contributed by atoms with Crippen LogP contribution in [0.5, 0.6) is 0 Å². The minimum atomic E-state index is -4.89. The maximum Gasteiger partial charge on any atom is 0.416 e. The quantitative estimate of drug-likeness (QED) is 0.481. The average molecular weight is 520 g/mol. The molecule has 1 amide bonds. The number of alkyl halides is 6. The van der Waals surface area contributed by atoms with Crippen LogP contribution in [0.1, 0.15) is 36.0 Å². The van der Waals surface area contributed by atoms with E-state index in [-0.39, 0.29) is 42.0 Å². The highest BCUT2D eigenvalue weighted by Gasteiger charge is 2.44. The lowest BCUT2D eigenvalue weighted by Crippen LogP contribution is -2.52. The molecule has 0 bridgehead atoms. The lowest BCUT2D eigenvalue weighted by molar-refractivity contribution is -0.143. The average Bonchev–Trinajstić information content (AvgIpc) is 3.22. The molecule has 0 spiro atoms. The van der Waals surface area contributed by atoms with Crippen LogP contribution < -0.4 is 0 Å². The Balaban J connectivity index is 0.000000444. The normalized spacial score (nSPS) is 22.3. The standard InChI is InChI=1S/C19H22F6N2O2.C6H5F/c1-26(2)15-3-4-17(28)27-9-14(8-16(15)27)29-10-11-5-12(18(20,21)22)7-13(6-11)19(23,24)25;7-6-4-2-1-3-5-6/h5-7,14-16H,3-4,8-10H2,1-2H3;1-5H. The van der Waals surface area contributed by atoms with Crippen LogP contribution >= 0.6 is 0 Å². The van der Waals surface area contributed by atoms with E-state index < -0.39 is 29.6 Å². The number of nitrogens with zero attached hydrogens (tertiary/aromatic N) is 2. The molecule has 2 aromatic carbocycles. The van der Waals surface area contributed by atoms with Crippen LogP contribution in [0, 0.1) is 5.82 Å². The zero-order chi connectivity index (χ0) is 26.7. The third-order valence-electron chi connectivity index (χ3n) is 6.25. The van der Waals surface area contributed by atoms with Crippen molar-refractivity contribution in [3.05, 3.63) is 71.0 Å². The number of carbonyl (C=O) groups is 1. The maximum absolute atomic E-state index is 13.0. The second kappa shape index (κ2) is 11.2. The van der Waals surface area contributed by atoms with Crippen molar-refractivity contribution in [3.63, 3.8) is 0 Å². The van der Waals surface area contributed by atoms with Gasteiger partial charge >= 0.3 is 12.4 Å². The number of piperidine rings is 1. The Bertz CT molecular complexity index is 993. The van der Waals surface area contributed by atoms with E-state index in [1.165, 1.54) is 12.1 Å². The van der Waals surface area contributed by atoms with Crippen molar-refractivity contribution in [1.82, 2.24) is 9.80 Å². The van der Waals surface area contributed by atoms with Crippen molar-refractivity contribution in [3.8, 4) is 0 Å². The summed E-state index contributed by atoms with van der Waals surface area (Å²) in [6, 6.07) is 9.46. The third-order valence-corrected chi connectivity index (χ3v) is 6.25. The number of benzene rings is 2. The van der Waals surface area contributed by atoms with Gasteiger partial charge < -0.3 is 14.5 Å². The first-order chi connectivity index (χ1) is 16.8. The van der Waals surface area contributed by atoms with Crippen molar-refractivity contribution in [2.75, 3.05) is 20.6 Å². The zero-order valence-electron chi connectivity index (χ0n) is 19.7. The molecule has 11 heteroatoms. The lowest BCUT2D eigenvalue weighted by Gasteiger charge is -2.39. The molecule has 0 radical (unpaired) electrons. The van der Waals surface area contributed by atoms with E-state index in [9.17, 15) is 35.5 Å². The number of amides is 1. The molecule has 198 valence electrons. The van der Waals surface area contributed by atoms with Crippen LogP contribution in [0.15, 0.2) is 48.5 Å². The minimum absolute atomic E-state index is 0.00220. The molecule has 2 heterocycles. The van der Waals surface area contributed by atoms with E-state index >= 15 is 0 Å². The molecule has 2 saturated heterocycles. The zero-order valence-corrected chi connectivity index (χ0v) is 19.7. The monoisotopic (exact) mass is 520 g/mol. The first-order valence-corrected chi connectivity index (χ1v) is 11.3. The third kappa shape index (κ3) is 7.19. The molecule has 4 nitrogen and oxygen atoms in total. The van der Waals surface area contributed by atoms with E-state index in [1.807, 2.05) is 19.0 Å². The summed E-state index contributed by atoms with van der Waals surface area (Å²) in [7, 11) is 3.82. The first-order valence-electron chi connectivity index (χ1n) is 11.3. The van der Waals surface area contributed by atoms with Crippen molar-refractivity contribution in [1.29, 1.82) is 0 Å². The van der Waals surface area contributed by atoms with Crippen LogP contribution in [0.25, 0.3) is 0 Å². The van der Waals surface area contributed by atoms with Crippen LogP contribution in [0.3, 0.4) is 0 Å². The number of hydrogen-bond donors (Lipinski definition) is 0. The smallest absolute Gasteiger partial charge is 0.372 e. The van der Waals surface area contributed by atoms with Crippen LogP contribution in [-0.2, 0) is 28.5 Å². The van der Waals surface area contributed by atoms with Gasteiger partial charge in [0.1, 0.15) is 5.82 Å². The van der Waals surface area contributed by atoms with Gasteiger partial charge in [0.05, 0.1) is 23.8 Å². The molecule has 36 heavy (non-hydrogen) atoms. The van der Waals surface area contributed by atoms with Crippen molar-refractivity contribution >= 4 is 5.91 Å². The molecule has 4 rings (SSSR count). The predicted molar refractivity (Wildman–Crippen MR) is 118 cm³/mol. The summed E-state index contributed by atoms with van der Waals surface area (Å²) in [4.78, 5) is 15.9. The number of likely N-dealkylation sites (N-methyl/N-ethyl adjacent to an activating group) is 1. The summed E-state index contributed by atoms with van der Waals surface area (Å²) < 4.78 is 95.5. The molecule has 2 fully saturated rings. The largest absolute Gasteiger partial charge is 0.416 e. The number of fused-ring (bicyclic) bond motifs is 1. The fraction of sp³-hybridized carbons (Fsp3) is 0.480. The molecular formula is C25H27F7N2O2. The maximum atomic E-state index is 13.0. The molecule has 3 unspecified atom stereocenters. The summed E-state index contributed by atoms with van der Waals surface area (Å²) in [5, 5.41) is 0. The fourth-order valence-corrected chi connectivity index (χ4v) is 4.54. The van der Waals surface area contributed by atoms with Gasteiger partial charge in [-0.2, -0.15) is 26.3 Å². The van der Waals surface area contributed by atoms with Gasteiger partial charge in [0, 0.05) is 25.0 Å². The van der Waals surface area contributed by atoms with E-state index in [0.717, 1.165) is 0 Å². The van der Waals surface area contributed by atoms with Gasteiger partial charge in [-0.05, 0) is 62.8 Å². The van der Waals surface area contributed by atoms with Gasteiger partial charge in [-0.25, -0.2) is 4.39 Å². The van der Waals surface area contributed by atoms with Gasteiger partial charge in [0.2, 0.25) is 5.91 Å². The van der Waals surface area contributed by atoms with Gasteiger partial charge in [0.25, 0.3) is 0 Å². The van der Waals surface area contributed by atoms with E-state index in [1.54, 1.807) is 23.1 Å². The van der Waals surface area contributed by atoms with Crippen molar-refractivity contribution in [2.24, 2.45) is 0 Å². The number of halogens is 7. The van der Waals surface area contributed by atoms with E-state index in [0.29, 0.717) is 37.9 Å². The van der Waals surface area contributed by atoms with Gasteiger partial charge in [0.15, 0.2) is 0 Å². The van der Waals surface area contributed by atoms with E-state index in [4.69, 9.17) is 4.74 Å². The number of rotatable bonds is 4.